The molecular weight excluding hydrogens is 260 g/mol. The summed E-state index contributed by atoms with van der Waals surface area (Å²) in [5.74, 6) is -1.05. The fourth-order valence-corrected chi connectivity index (χ4v) is 2.40. The van der Waals surface area contributed by atoms with Crippen molar-refractivity contribution in [3.8, 4) is 0 Å². The van der Waals surface area contributed by atoms with Gasteiger partial charge in [0.2, 0.25) is 0 Å². The summed E-state index contributed by atoms with van der Waals surface area (Å²) in [4.78, 5) is 0. The van der Waals surface area contributed by atoms with Crippen molar-refractivity contribution in [2.45, 2.75) is 26.8 Å². The smallest absolute Gasteiger partial charge is 0.134 e. The van der Waals surface area contributed by atoms with Gasteiger partial charge in [-0.3, -0.25) is 4.68 Å². The molecule has 1 aromatic heterocycles. The van der Waals surface area contributed by atoms with E-state index in [4.69, 9.17) is 0 Å². The number of rotatable bonds is 4. The van der Waals surface area contributed by atoms with E-state index in [-0.39, 0.29) is 5.56 Å². The van der Waals surface area contributed by atoms with Gasteiger partial charge in [-0.1, -0.05) is 13.0 Å². The van der Waals surface area contributed by atoms with Gasteiger partial charge in [-0.05, 0) is 38.1 Å². The predicted octanol–water partition coefficient (Wildman–Crippen LogP) is 3.01. The second-order valence-corrected chi connectivity index (χ2v) is 4.92. The number of nitrogens with one attached hydrogen (secondary N) is 1. The van der Waals surface area contributed by atoms with Crippen LogP contribution in [0.15, 0.2) is 18.2 Å². The molecule has 2 aromatic rings. The maximum atomic E-state index is 14.4. The Kier molecular flexibility index (Phi) is 4.18. The largest absolute Gasteiger partial charge is 0.305 e. The lowest BCUT2D eigenvalue weighted by atomic mass is 9.99. The number of nitrogens with zero attached hydrogens (tertiary/aromatic N) is 2. The summed E-state index contributed by atoms with van der Waals surface area (Å²) in [5.41, 5.74) is 2.05. The molecule has 0 aliphatic rings. The molecule has 1 heterocycles. The van der Waals surface area contributed by atoms with E-state index in [0.29, 0.717) is 12.1 Å². The van der Waals surface area contributed by atoms with E-state index >= 15 is 0 Å². The van der Waals surface area contributed by atoms with Gasteiger partial charge in [0.05, 0.1) is 17.4 Å². The van der Waals surface area contributed by atoms with Gasteiger partial charge in [-0.15, -0.1) is 0 Å². The number of hydrogen-bond donors (Lipinski definition) is 1. The predicted molar refractivity (Wildman–Crippen MR) is 74.6 cm³/mol. The van der Waals surface area contributed by atoms with Crippen molar-refractivity contribution in [1.82, 2.24) is 15.1 Å². The number of aryl methyl sites for hydroxylation is 3. The van der Waals surface area contributed by atoms with Crippen LogP contribution in [0.5, 0.6) is 0 Å². The SMILES string of the molecule is CCNC(c1c(F)ccc(C)c1F)c1cc(C)nn1C. The Morgan fingerprint density at radius 2 is 2.00 bits per heavy atom. The first-order chi connectivity index (χ1) is 9.45. The highest BCUT2D eigenvalue weighted by molar-refractivity contribution is 5.34. The van der Waals surface area contributed by atoms with Crippen LogP contribution in [0.2, 0.25) is 0 Å². The highest BCUT2D eigenvalue weighted by Gasteiger charge is 2.25. The first-order valence-electron chi connectivity index (χ1n) is 6.64. The van der Waals surface area contributed by atoms with Crippen molar-refractivity contribution in [3.63, 3.8) is 0 Å². The van der Waals surface area contributed by atoms with Gasteiger partial charge in [-0.2, -0.15) is 5.10 Å². The molecule has 1 unspecified atom stereocenters. The van der Waals surface area contributed by atoms with Crippen molar-refractivity contribution in [3.05, 3.63) is 52.3 Å². The van der Waals surface area contributed by atoms with Crippen molar-refractivity contribution in [1.29, 1.82) is 0 Å². The minimum absolute atomic E-state index is 0.0508. The maximum absolute atomic E-state index is 14.4. The van der Waals surface area contributed by atoms with E-state index < -0.39 is 17.7 Å². The topological polar surface area (TPSA) is 29.9 Å². The first kappa shape index (κ1) is 14.7. The zero-order valence-corrected chi connectivity index (χ0v) is 12.2. The van der Waals surface area contributed by atoms with Crippen LogP contribution in [0.4, 0.5) is 8.78 Å². The molecule has 2 rings (SSSR count). The fourth-order valence-electron chi connectivity index (χ4n) is 2.40. The Labute approximate surface area is 117 Å². The zero-order chi connectivity index (χ0) is 14.9. The third-order valence-electron chi connectivity index (χ3n) is 3.35. The van der Waals surface area contributed by atoms with Gasteiger partial charge < -0.3 is 5.32 Å². The van der Waals surface area contributed by atoms with Crippen molar-refractivity contribution >= 4 is 0 Å². The Bertz CT molecular complexity index is 620. The van der Waals surface area contributed by atoms with Gasteiger partial charge in [0, 0.05) is 12.6 Å². The third kappa shape index (κ3) is 2.58. The van der Waals surface area contributed by atoms with Gasteiger partial charge in [0.25, 0.3) is 0 Å². The highest BCUT2D eigenvalue weighted by atomic mass is 19.1. The maximum Gasteiger partial charge on any atom is 0.134 e. The second-order valence-electron chi connectivity index (χ2n) is 4.92. The van der Waals surface area contributed by atoms with Crippen LogP contribution in [0.25, 0.3) is 0 Å². The molecule has 3 nitrogen and oxygen atoms in total. The van der Waals surface area contributed by atoms with Crippen molar-refractivity contribution in [2.75, 3.05) is 6.54 Å². The number of aromatic nitrogens is 2. The monoisotopic (exact) mass is 279 g/mol. The zero-order valence-electron chi connectivity index (χ0n) is 12.2. The van der Waals surface area contributed by atoms with Crippen molar-refractivity contribution in [2.24, 2.45) is 7.05 Å². The van der Waals surface area contributed by atoms with Crippen LogP contribution in [0, 0.1) is 25.5 Å². The molecule has 0 bridgehead atoms. The summed E-state index contributed by atoms with van der Waals surface area (Å²) in [7, 11) is 1.78. The molecule has 0 aliphatic carbocycles. The number of hydrogen-bond acceptors (Lipinski definition) is 2. The molecule has 0 amide bonds. The van der Waals surface area contributed by atoms with Gasteiger partial charge >= 0.3 is 0 Å². The number of benzene rings is 1. The summed E-state index contributed by atoms with van der Waals surface area (Å²) in [6.45, 7) is 5.99. The Morgan fingerprint density at radius 1 is 1.30 bits per heavy atom. The molecule has 0 fully saturated rings. The Balaban J connectivity index is 2.60. The standard InChI is InChI=1S/C15H19F2N3/c1-5-18-15(12-8-10(3)19-20(12)4)13-11(16)7-6-9(2)14(13)17/h6-8,15,18H,5H2,1-4H3. The molecule has 108 valence electrons. The molecule has 20 heavy (non-hydrogen) atoms. The van der Waals surface area contributed by atoms with Crippen LogP contribution < -0.4 is 5.32 Å². The summed E-state index contributed by atoms with van der Waals surface area (Å²) in [5, 5.41) is 7.39. The van der Waals surface area contributed by atoms with E-state index in [1.165, 1.54) is 12.1 Å². The fraction of sp³-hybridized carbons (Fsp3) is 0.400. The summed E-state index contributed by atoms with van der Waals surface area (Å²) in [6, 6.07) is 4.05. The van der Waals surface area contributed by atoms with Crippen LogP contribution in [0.3, 0.4) is 0 Å². The third-order valence-corrected chi connectivity index (χ3v) is 3.35. The molecular formula is C15H19F2N3. The molecule has 0 saturated carbocycles. The highest BCUT2D eigenvalue weighted by Crippen LogP contribution is 2.28. The van der Waals surface area contributed by atoms with E-state index in [1.807, 2.05) is 19.9 Å². The summed E-state index contributed by atoms with van der Waals surface area (Å²) in [6.07, 6.45) is 0. The van der Waals surface area contributed by atoms with E-state index in [2.05, 4.69) is 10.4 Å². The van der Waals surface area contributed by atoms with Gasteiger partial charge in [0.1, 0.15) is 11.6 Å². The van der Waals surface area contributed by atoms with Gasteiger partial charge in [-0.25, -0.2) is 8.78 Å². The van der Waals surface area contributed by atoms with E-state index in [9.17, 15) is 8.78 Å². The molecule has 0 spiro atoms. The molecule has 1 aromatic carbocycles. The van der Waals surface area contributed by atoms with Crippen LogP contribution in [0.1, 0.15) is 35.5 Å². The average Bonchev–Trinajstić information content (AvgIpc) is 2.72. The molecule has 5 heteroatoms. The summed E-state index contributed by atoms with van der Waals surface area (Å²) >= 11 is 0. The van der Waals surface area contributed by atoms with Crippen LogP contribution in [-0.4, -0.2) is 16.3 Å². The van der Waals surface area contributed by atoms with E-state index in [1.54, 1.807) is 18.7 Å². The lowest BCUT2D eigenvalue weighted by Gasteiger charge is -2.20. The minimum atomic E-state index is -0.550. The van der Waals surface area contributed by atoms with Gasteiger partial charge in [0.15, 0.2) is 0 Å². The summed E-state index contributed by atoms with van der Waals surface area (Å²) < 4.78 is 30.1. The normalized spacial score (nSPS) is 12.7. The molecule has 0 saturated heterocycles. The molecule has 1 atom stereocenters. The van der Waals surface area contributed by atoms with Crippen molar-refractivity contribution < 1.29 is 8.78 Å². The Hall–Kier alpha value is -1.75. The van der Waals surface area contributed by atoms with Crippen LogP contribution >= 0.6 is 0 Å². The number of halogens is 2. The van der Waals surface area contributed by atoms with E-state index in [0.717, 1.165) is 11.4 Å². The molecule has 0 aliphatic heterocycles. The first-order valence-corrected chi connectivity index (χ1v) is 6.64. The lowest BCUT2D eigenvalue weighted by molar-refractivity contribution is 0.490. The second kappa shape index (κ2) is 5.71. The minimum Gasteiger partial charge on any atom is -0.305 e. The van der Waals surface area contributed by atoms with Crippen LogP contribution in [-0.2, 0) is 7.05 Å². The Morgan fingerprint density at radius 3 is 2.55 bits per heavy atom. The molecule has 1 N–H and O–H groups in total. The molecule has 0 radical (unpaired) electrons. The average molecular weight is 279 g/mol. The quantitative estimate of drug-likeness (QED) is 0.932. The lowest BCUT2D eigenvalue weighted by Crippen LogP contribution is -2.26.